The number of fused-ring (bicyclic) bond motifs is 1. The van der Waals surface area contributed by atoms with Crippen molar-refractivity contribution in [2.45, 2.75) is 40.0 Å². The number of nitrogens with zero attached hydrogens (tertiary/aromatic N) is 4. The van der Waals surface area contributed by atoms with Gasteiger partial charge in [0, 0.05) is 6.54 Å². The maximum absolute atomic E-state index is 6.13. The number of aryl methyl sites for hydroxylation is 2. The van der Waals surface area contributed by atoms with E-state index >= 15 is 0 Å². The Morgan fingerprint density at radius 2 is 1.74 bits per heavy atom. The van der Waals surface area contributed by atoms with Crippen LogP contribution in [0.4, 0.5) is 5.95 Å². The molecule has 2 aromatic rings. The minimum Gasteiger partial charge on any atom is -0.354 e. The molecule has 102 valence electrons. The van der Waals surface area contributed by atoms with Crippen LogP contribution in [0.25, 0.3) is 11.2 Å². The lowest BCUT2D eigenvalue weighted by atomic mass is 10.2. The number of rotatable bonds is 5. The van der Waals surface area contributed by atoms with Crippen LogP contribution in [-0.2, 0) is 0 Å². The van der Waals surface area contributed by atoms with Gasteiger partial charge in [0.2, 0.25) is 5.95 Å². The van der Waals surface area contributed by atoms with Crippen molar-refractivity contribution in [1.29, 1.82) is 0 Å². The van der Waals surface area contributed by atoms with Crippen LogP contribution in [0, 0.1) is 13.8 Å². The lowest BCUT2D eigenvalue weighted by Crippen LogP contribution is -2.07. The zero-order valence-electron chi connectivity index (χ0n) is 11.5. The SMILES string of the molecule is CCCCCNc1nc(Cl)c2nc(C)c(C)nc2n1. The molecule has 0 atom stereocenters. The van der Waals surface area contributed by atoms with Crippen molar-refractivity contribution in [3.63, 3.8) is 0 Å². The van der Waals surface area contributed by atoms with Gasteiger partial charge in [-0.2, -0.15) is 9.97 Å². The molecule has 1 N–H and O–H groups in total. The Balaban J connectivity index is 2.25. The summed E-state index contributed by atoms with van der Waals surface area (Å²) in [7, 11) is 0. The normalized spacial score (nSPS) is 10.9. The second kappa shape index (κ2) is 6.10. The molecule has 0 unspecified atom stereocenters. The summed E-state index contributed by atoms with van der Waals surface area (Å²) in [6.07, 6.45) is 3.46. The number of nitrogens with one attached hydrogen (secondary N) is 1. The first kappa shape index (κ1) is 13.9. The van der Waals surface area contributed by atoms with E-state index in [2.05, 4.69) is 32.2 Å². The van der Waals surface area contributed by atoms with Gasteiger partial charge in [0.25, 0.3) is 0 Å². The first-order chi connectivity index (χ1) is 9.11. The average molecular weight is 280 g/mol. The van der Waals surface area contributed by atoms with E-state index in [-0.39, 0.29) is 0 Å². The van der Waals surface area contributed by atoms with E-state index < -0.39 is 0 Å². The molecule has 0 fully saturated rings. The third-order valence-corrected chi connectivity index (χ3v) is 3.23. The topological polar surface area (TPSA) is 63.6 Å². The van der Waals surface area contributed by atoms with Gasteiger partial charge in [-0.05, 0) is 20.3 Å². The molecule has 2 heterocycles. The number of hydrogen-bond donors (Lipinski definition) is 1. The molecule has 0 aliphatic rings. The van der Waals surface area contributed by atoms with Gasteiger partial charge in [-0.25, -0.2) is 9.97 Å². The molecule has 2 aromatic heterocycles. The zero-order valence-corrected chi connectivity index (χ0v) is 12.3. The van der Waals surface area contributed by atoms with Crippen molar-refractivity contribution in [1.82, 2.24) is 19.9 Å². The van der Waals surface area contributed by atoms with Crippen molar-refractivity contribution in [2.75, 3.05) is 11.9 Å². The van der Waals surface area contributed by atoms with Crippen molar-refractivity contribution in [3.8, 4) is 0 Å². The number of anilines is 1. The summed E-state index contributed by atoms with van der Waals surface area (Å²) in [5.41, 5.74) is 2.81. The fourth-order valence-corrected chi connectivity index (χ4v) is 1.94. The van der Waals surface area contributed by atoms with Crippen molar-refractivity contribution >= 4 is 28.7 Å². The third-order valence-electron chi connectivity index (χ3n) is 2.96. The maximum Gasteiger partial charge on any atom is 0.226 e. The smallest absolute Gasteiger partial charge is 0.226 e. The highest BCUT2D eigenvalue weighted by Gasteiger charge is 2.10. The Kier molecular flexibility index (Phi) is 4.47. The van der Waals surface area contributed by atoms with E-state index in [9.17, 15) is 0 Å². The summed E-state index contributed by atoms with van der Waals surface area (Å²) in [4.78, 5) is 17.3. The number of unbranched alkanes of at least 4 members (excludes halogenated alkanes) is 2. The predicted octanol–water partition coefficient (Wildman–Crippen LogP) is 3.29. The van der Waals surface area contributed by atoms with Gasteiger partial charge in [-0.15, -0.1) is 0 Å². The summed E-state index contributed by atoms with van der Waals surface area (Å²) in [5, 5.41) is 3.52. The van der Waals surface area contributed by atoms with Crippen molar-refractivity contribution in [3.05, 3.63) is 16.5 Å². The molecule has 0 saturated heterocycles. The summed E-state index contributed by atoms with van der Waals surface area (Å²) >= 11 is 6.13. The zero-order chi connectivity index (χ0) is 13.8. The van der Waals surface area contributed by atoms with Crippen LogP contribution in [0.15, 0.2) is 0 Å². The lowest BCUT2D eigenvalue weighted by Gasteiger charge is -2.07. The minimum atomic E-state index is 0.346. The van der Waals surface area contributed by atoms with Crippen LogP contribution in [0.2, 0.25) is 5.15 Å². The van der Waals surface area contributed by atoms with Gasteiger partial charge >= 0.3 is 0 Å². The molecule has 19 heavy (non-hydrogen) atoms. The Hall–Kier alpha value is -1.49. The summed E-state index contributed by atoms with van der Waals surface area (Å²) in [5.74, 6) is 0.520. The predicted molar refractivity (Wildman–Crippen MR) is 77.6 cm³/mol. The quantitative estimate of drug-likeness (QED) is 0.672. The third kappa shape index (κ3) is 3.29. The van der Waals surface area contributed by atoms with E-state index in [1.165, 1.54) is 12.8 Å². The molecule has 0 aliphatic heterocycles. The lowest BCUT2D eigenvalue weighted by molar-refractivity contribution is 0.740. The second-order valence-electron chi connectivity index (χ2n) is 4.54. The molecule has 0 amide bonds. The molecule has 0 aromatic carbocycles. The van der Waals surface area contributed by atoms with E-state index in [1.807, 2.05) is 13.8 Å². The van der Waals surface area contributed by atoms with Gasteiger partial charge in [-0.3, -0.25) is 0 Å². The molecule has 0 radical (unpaired) electrons. The first-order valence-corrected chi connectivity index (χ1v) is 6.92. The summed E-state index contributed by atoms with van der Waals surface area (Å²) < 4.78 is 0. The largest absolute Gasteiger partial charge is 0.354 e. The van der Waals surface area contributed by atoms with Gasteiger partial charge in [0.1, 0.15) is 5.52 Å². The second-order valence-corrected chi connectivity index (χ2v) is 4.90. The molecule has 2 rings (SSSR count). The molecule has 0 aliphatic carbocycles. The maximum atomic E-state index is 6.13. The Labute approximate surface area is 117 Å². The van der Waals surface area contributed by atoms with Crippen LogP contribution >= 0.6 is 11.6 Å². The molecule has 6 heteroatoms. The molecule has 0 spiro atoms. The summed E-state index contributed by atoms with van der Waals surface area (Å²) in [6.45, 7) is 6.82. The van der Waals surface area contributed by atoms with Gasteiger partial charge in [0.15, 0.2) is 10.8 Å². The van der Waals surface area contributed by atoms with Gasteiger partial charge in [0.05, 0.1) is 11.4 Å². The Morgan fingerprint density at radius 1 is 1.00 bits per heavy atom. The minimum absolute atomic E-state index is 0.346. The van der Waals surface area contributed by atoms with E-state index in [4.69, 9.17) is 11.6 Å². The Bertz CT molecular complexity index is 585. The molecular formula is C13H18ClN5. The molecule has 5 nitrogen and oxygen atoms in total. The summed E-state index contributed by atoms with van der Waals surface area (Å²) in [6, 6.07) is 0. The Morgan fingerprint density at radius 3 is 2.47 bits per heavy atom. The molecule has 0 saturated carbocycles. The van der Waals surface area contributed by atoms with Crippen LogP contribution in [0.3, 0.4) is 0 Å². The van der Waals surface area contributed by atoms with Crippen molar-refractivity contribution < 1.29 is 0 Å². The van der Waals surface area contributed by atoms with E-state index in [0.29, 0.717) is 22.3 Å². The first-order valence-electron chi connectivity index (χ1n) is 6.54. The van der Waals surface area contributed by atoms with Crippen LogP contribution in [0.1, 0.15) is 37.6 Å². The van der Waals surface area contributed by atoms with E-state index in [0.717, 1.165) is 24.4 Å². The fraction of sp³-hybridized carbons (Fsp3) is 0.538. The number of halogens is 1. The highest BCUT2D eigenvalue weighted by Crippen LogP contribution is 2.19. The highest BCUT2D eigenvalue weighted by molar-refractivity contribution is 6.33. The number of hydrogen-bond acceptors (Lipinski definition) is 5. The monoisotopic (exact) mass is 279 g/mol. The van der Waals surface area contributed by atoms with Gasteiger partial charge in [-0.1, -0.05) is 31.4 Å². The van der Waals surface area contributed by atoms with Crippen molar-refractivity contribution in [2.24, 2.45) is 0 Å². The van der Waals surface area contributed by atoms with Gasteiger partial charge < -0.3 is 5.32 Å². The fourth-order valence-electron chi connectivity index (χ4n) is 1.73. The average Bonchev–Trinajstić information content (AvgIpc) is 2.37. The highest BCUT2D eigenvalue weighted by atomic mass is 35.5. The number of aromatic nitrogens is 4. The molecule has 0 bridgehead atoms. The van der Waals surface area contributed by atoms with E-state index in [1.54, 1.807) is 0 Å². The van der Waals surface area contributed by atoms with Crippen LogP contribution in [0.5, 0.6) is 0 Å². The molecular weight excluding hydrogens is 262 g/mol. The van der Waals surface area contributed by atoms with Crippen LogP contribution < -0.4 is 5.32 Å². The van der Waals surface area contributed by atoms with Crippen LogP contribution in [-0.4, -0.2) is 26.5 Å². The standard InChI is InChI=1S/C13H18ClN5/c1-4-5-6-7-15-13-18-11(14)10-12(19-13)17-9(3)8(2)16-10/h4-7H2,1-3H3,(H,15,17,18,19).